The number of fused-ring (bicyclic) bond motifs is 1. The second-order valence-electron chi connectivity index (χ2n) is 9.81. The summed E-state index contributed by atoms with van der Waals surface area (Å²) in [6, 6.07) is 34.5. The van der Waals surface area contributed by atoms with Crippen molar-refractivity contribution in [3.05, 3.63) is 132 Å². The fraction of sp³-hybridized carbons (Fsp3) is 0.118. The van der Waals surface area contributed by atoms with Crippen molar-refractivity contribution >= 4 is 38.6 Å². The lowest BCUT2D eigenvalue weighted by Crippen LogP contribution is -2.39. The van der Waals surface area contributed by atoms with Gasteiger partial charge in [-0.3, -0.25) is 9.10 Å². The zero-order chi connectivity index (χ0) is 30.2. The molecule has 1 N–H and O–H groups in total. The van der Waals surface area contributed by atoms with E-state index >= 15 is 0 Å². The second kappa shape index (κ2) is 13.2. The van der Waals surface area contributed by atoms with Crippen LogP contribution in [0.2, 0.25) is 0 Å². The van der Waals surface area contributed by atoms with Crippen molar-refractivity contribution in [2.24, 2.45) is 5.10 Å². The van der Waals surface area contributed by atoms with E-state index in [1.807, 2.05) is 55.5 Å². The first-order chi connectivity index (χ1) is 20.8. The first-order valence-corrected chi connectivity index (χ1v) is 15.0. The number of hydrogen-bond acceptors (Lipinski definition) is 6. The normalized spacial score (nSPS) is 11.4. The number of aryl methyl sites for hydroxylation is 1. The van der Waals surface area contributed by atoms with Crippen LogP contribution in [0.15, 0.2) is 125 Å². The van der Waals surface area contributed by atoms with E-state index in [0.29, 0.717) is 23.8 Å². The van der Waals surface area contributed by atoms with E-state index in [2.05, 4.69) is 28.7 Å². The Hall–Kier alpha value is -5.15. The van der Waals surface area contributed by atoms with Crippen molar-refractivity contribution in [1.82, 2.24) is 5.43 Å². The molecule has 0 heterocycles. The number of carbonyl (C=O) groups is 1. The van der Waals surface area contributed by atoms with E-state index < -0.39 is 22.5 Å². The number of sulfonamides is 1. The van der Waals surface area contributed by atoms with Crippen molar-refractivity contribution in [3.8, 4) is 11.5 Å². The van der Waals surface area contributed by atoms with E-state index in [-0.39, 0.29) is 4.90 Å². The summed E-state index contributed by atoms with van der Waals surface area (Å²) in [4.78, 5) is 12.9. The number of carbonyl (C=O) groups excluding carboxylic acids is 1. The molecule has 218 valence electrons. The number of ether oxygens (including phenoxy) is 2. The van der Waals surface area contributed by atoms with Crippen LogP contribution >= 0.6 is 0 Å². The number of hydrogen-bond donors (Lipinski definition) is 1. The van der Waals surface area contributed by atoms with E-state index in [0.717, 1.165) is 31.8 Å². The van der Waals surface area contributed by atoms with Gasteiger partial charge >= 0.3 is 0 Å². The second-order valence-corrected chi connectivity index (χ2v) is 11.7. The SMILES string of the molecule is COc1ccc(N(CC(=O)N/N=C\c2ccc(OCc3cccc4ccccc34)cc2)S(=O)(=O)c2ccc(C)cc2)cc1. The van der Waals surface area contributed by atoms with Gasteiger partial charge in [0.2, 0.25) is 0 Å². The molecule has 5 aromatic rings. The summed E-state index contributed by atoms with van der Waals surface area (Å²) in [5.74, 6) is 0.666. The molecule has 0 fully saturated rings. The number of rotatable bonds is 11. The van der Waals surface area contributed by atoms with Gasteiger partial charge in [0.25, 0.3) is 15.9 Å². The third-order valence-electron chi connectivity index (χ3n) is 6.81. The van der Waals surface area contributed by atoms with Gasteiger partial charge in [0, 0.05) is 0 Å². The van der Waals surface area contributed by atoms with Crippen LogP contribution in [0.25, 0.3) is 10.8 Å². The molecular formula is C34H31N3O5S. The average Bonchev–Trinajstić information content (AvgIpc) is 3.03. The Morgan fingerprint density at radius 3 is 2.23 bits per heavy atom. The van der Waals surface area contributed by atoms with Crippen LogP contribution in [0, 0.1) is 6.92 Å². The molecule has 8 nitrogen and oxygen atoms in total. The maximum absolute atomic E-state index is 13.5. The molecule has 0 aromatic heterocycles. The number of benzene rings is 5. The zero-order valence-electron chi connectivity index (χ0n) is 23.8. The summed E-state index contributed by atoms with van der Waals surface area (Å²) >= 11 is 0. The minimum Gasteiger partial charge on any atom is -0.497 e. The molecule has 0 saturated heterocycles. The van der Waals surface area contributed by atoms with Crippen molar-refractivity contribution < 1.29 is 22.7 Å². The summed E-state index contributed by atoms with van der Waals surface area (Å²) in [6.45, 7) is 1.83. The van der Waals surface area contributed by atoms with Crippen molar-refractivity contribution in [3.63, 3.8) is 0 Å². The van der Waals surface area contributed by atoms with Crippen LogP contribution < -0.4 is 19.2 Å². The third kappa shape index (κ3) is 7.20. The molecule has 5 rings (SSSR count). The van der Waals surface area contributed by atoms with E-state index in [4.69, 9.17) is 9.47 Å². The molecule has 0 saturated carbocycles. The standard InChI is InChI=1S/C34H31N3O5S/c1-25-10-20-32(21-11-25)43(39,40)37(29-14-18-30(41-2)19-15-29)23-34(38)36-35-22-26-12-16-31(17-13-26)42-24-28-8-5-7-27-6-3-4-9-33(27)28/h3-22H,23-24H2,1-2H3,(H,36,38)/b35-22-. The molecule has 9 heteroatoms. The van der Waals surface area contributed by atoms with Gasteiger partial charge in [-0.2, -0.15) is 5.10 Å². The quantitative estimate of drug-likeness (QED) is 0.148. The number of amides is 1. The fourth-order valence-corrected chi connectivity index (χ4v) is 5.90. The molecule has 0 unspecified atom stereocenters. The highest BCUT2D eigenvalue weighted by Gasteiger charge is 2.27. The van der Waals surface area contributed by atoms with Crippen molar-refractivity contribution in [2.75, 3.05) is 18.0 Å². The number of nitrogens with zero attached hydrogens (tertiary/aromatic N) is 2. The van der Waals surface area contributed by atoms with Crippen LogP contribution in [0.3, 0.4) is 0 Å². The maximum atomic E-state index is 13.5. The van der Waals surface area contributed by atoms with Gasteiger partial charge in [-0.15, -0.1) is 0 Å². The van der Waals surface area contributed by atoms with Crippen LogP contribution in [0.1, 0.15) is 16.7 Å². The smallest absolute Gasteiger partial charge is 0.264 e. The molecule has 1 amide bonds. The third-order valence-corrected chi connectivity index (χ3v) is 8.60. The fourth-order valence-electron chi connectivity index (χ4n) is 4.48. The predicted octanol–water partition coefficient (Wildman–Crippen LogP) is 6.08. The van der Waals surface area contributed by atoms with Crippen LogP contribution in [-0.4, -0.2) is 34.2 Å². The van der Waals surface area contributed by atoms with Crippen molar-refractivity contribution in [2.45, 2.75) is 18.4 Å². The number of nitrogens with one attached hydrogen (secondary N) is 1. The molecule has 43 heavy (non-hydrogen) atoms. The molecule has 5 aromatic carbocycles. The van der Waals surface area contributed by atoms with Gasteiger partial charge in [0.1, 0.15) is 24.7 Å². The van der Waals surface area contributed by atoms with Crippen molar-refractivity contribution in [1.29, 1.82) is 0 Å². The summed E-state index contributed by atoms with van der Waals surface area (Å²) < 4.78 is 39.3. The van der Waals surface area contributed by atoms with E-state index in [1.165, 1.54) is 25.5 Å². The highest BCUT2D eigenvalue weighted by atomic mass is 32.2. The monoisotopic (exact) mass is 593 g/mol. The minimum atomic E-state index is -4.04. The van der Waals surface area contributed by atoms with Crippen LogP contribution in [-0.2, 0) is 21.4 Å². The van der Waals surface area contributed by atoms with Crippen LogP contribution in [0.4, 0.5) is 5.69 Å². The van der Waals surface area contributed by atoms with Gasteiger partial charge in [-0.25, -0.2) is 13.8 Å². The lowest BCUT2D eigenvalue weighted by atomic mass is 10.1. The lowest BCUT2D eigenvalue weighted by molar-refractivity contribution is -0.119. The van der Waals surface area contributed by atoms with E-state index in [9.17, 15) is 13.2 Å². The highest BCUT2D eigenvalue weighted by Crippen LogP contribution is 2.26. The van der Waals surface area contributed by atoms with Gasteiger partial charge in [0.15, 0.2) is 0 Å². The maximum Gasteiger partial charge on any atom is 0.264 e. The zero-order valence-corrected chi connectivity index (χ0v) is 24.6. The number of methoxy groups -OCH3 is 1. The Labute approximate surface area is 251 Å². The van der Waals surface area contributed by atoms with Gasteiger partial charge in [0.05, 0.1) is 23.9 Å². The molecule has 0 aliphatic heterocycles. The number of hydrazone groups is 1. The van der Waals surface area contributed by atoms with Gasteiger partial charge in [-0.05, 0) is 89.5 Å². The van der Waals surface area contributed by atoms with Crippen LogP contribution in [0.5, 0.6) is 11.5 Å². The summed E-state index contributed by atoms with van der Waals surface area (Å²) in [7, 11) is -2.52. The Kier molecular flexibility index (Phi) is 9.02. The van der Waals surface area contributed by atoms with Gasteiger partial charge in [-0.1, -0.05) is 60.2 Å². The lowest BCUT2D eigenvalue weighted by Gasteiger charge is -2.24. The first-order valence-electron chi connectivity index (χ1n) is 13.6. The molecule has 0 spiro atoms. The number of anilines is 1. The molecule has 0 bridgehead atoms. The Morgan fingerprint density at radius 1 is 0.837 bits per heavy atom. The average molecular weight is 594 g/mol. The molecule has 0 aliphatic carbocycles. The summed E-state index contributed by atoms with van der Waals surface area (Å²) in [6.07, 6.45) is 1.48. The van der Waals surface area contributed by atoms with Gasteiger partial charge < -0.3 is 9.47 Å². The summed E-state index contributed by atoms with van der Waals surface area (Å²) in [5, 5.41) is 6.35. The first kappa shape index (κ1) is 29.3. The Bertz CT molecular complexity index is 1830. The largest absolute Gasteiger partial charge is 0.497 e. The van der Waals surface area contributed by atoms with E-state index in [1.54, 1.807) is 36.4 Å². The Balaban J connectivity index is 1.23. The molecule has 0 aliphatic rings. The minimum absolute atomic E-state index is 0.0768. The molecular weight excluding hydrogens is 562 g/mol. The molecule has 0 radical (unpaired) electrons. The highest BCUT2D eigenvalue weighted by molar-refractivity contribution is 7.92. The predicted molar refractivity (Wildman–Crippen MR) is 169 cm³/mol. The topological polar surface area (TPSA) is 97.3 Å². The summed E-state index contributed by atoms with van der Waals surface area (Å²) in [5.41, 5.74) is 5.51. The molecule has 0 atom stereocenters. The Morgan fingerprint density at radius 2 is 1.51 bits per heavy atom.